The van der Waals surface area contributed by atoms with Crippen LogP contribution in [0.1, 0.15) is 64.2 Å². The molecule has 0 atom stereocenters. The predicted octanol–water partition coefficient (Wildman–Crippen LogP) is 4.85. The molecule has 0 nitrogen and oxygen atoms in total. The van der Waals surface area contributed by atoms with Gasteiger partial charge in [-0.1, -0.05) is 59.9 Å². The summed E-state index contributed by atoms with van der Waals surface area (Å²) in [5.41, 5.74) is 1.03. The van der Waals surface area contributed by atoms with Gasteiger partial charge in [0.05, 0.1) is 0 Å². The third kappa shape index (κ3) is 5.68. The molecule has 0 heterocycles. The van der Waals surface area contributed by atoms with E-state index in [9.17, 15) is 0 Å². The van der Waals surface area contributed by atoms with E-state index in [1.165, 1.54) is 64.2 Å². The van der Waals surface area contributed by atoms with Crippen LogP contribution in [0, 0.1) is 0 Å². The Bertz CT molecular complexity index is 99.7. The van der Waals surface area contributed by atoms with E-state index in [0.29, 0.717) is 0 Å². The largest absolute Gasteiger partial charge is 0.0810 e. The summed E-state index contributed by atoms with van der Waals surface area (Å²) in [6, 6.07) is 0. The Hall–Kier alpha value is 0.430. The van der Waals surface area contributed by atoms with Crippen LogP contribution in [-0.4, -0.2) is 12.3 Å². The summed E-state index contributed by atoms with van der Waals surface area (Å²) in [6.07, 6.45) is 14.9. The Balaban J connectivity index is 2.18. The van der Waals surface area contributed by atoms with Gasteiger partial charge in [0.2, 0.25) is 0 Å². The van der Waals surface area contributed by atoms with Gasteiger partial charge in [-0.2, -0.15) is 0 Å². The standard InChI is InChI=1S/C12H24P/c1-13-12-10-8-6-4-2-3-5-7-9-11-12/h12H,2-11H2,1H3. The predicted molar refractivity (Wildman–Crippen MR) is 62.8 cm³/mol. The highest BCUT2D eigenvalue weighted by atomic mass is 31.1. The van der Waals surface area contributed by atoms with Crippen molar-refractivity contribution in [2.75, 3.05) is 6.66 Å². The van der Waals surface area contributed by atoms with Crippen molar-refractivity contribution in [3.05, 3.63) is 0 Å². The Labute approximate surface area is 85.7 Å². The third-order valence-electron chi connectivity index (χ3n) is 3.19. The highest BCUT2D eigenvalue weighted by Crippen LogP contribution is 2.27. The second-order valence-electron chi connectivity index (χ2n) is 4.32. The Morgan fingerprint density at radius 1 is 0.692 bits per heavy atom. The lowest BCUT2D eigenvalue weighted by Crippen LogP contribution is -1.99. The summed E-state index contributed by atoms with van der Waals surface area (Å²) in [5.74, 6) is 0. The minimum Gasteiger partial charge on any atom is -0.0810 e. The second-order valence-corrected chi connectivity index (χ2v) is 5.56. The molecule has 1 aliphatic carbocycles. The molecule has 0 aromatic rings. The maximum atomic E-state index is 2.34. The van der Waals surface area contributed by atoms with Crippen LogP contribution in [0.25, 0.3) is 0 Å². The van der Waals surface area contributed by atoms with E-state index >= 15 is 0 Å². The number of hydrogen-bond donors (Lipinski definition) is 0. The SMILES string of the molecule is C[P]C1CCCCCCCCCC1. The van der Waals surface area contributed by atoms with E-state index in [-0.39, 0.29) is 0 Å². The zero-order chi connectivity index (χ0) is 9.36. The summed E-state index contributed by atoms with van der Waals surface area (Å²) >= 11 is 0. The molecule has 0 aromatic carbocycles. The second kappa shape index (κ2) is 7.80. The molecule has 0 aliphatic heterocycles. The topological polar surface area (TPSA) is 0 Å². The van der Waals surface area contributed by atoms with Gasteiger partial charge in [-0.25, -0.2) is 0 Å². The number of rotatable bonds is 1. The smallest absolute Gasteiger partial charge is 0.0173 e. The molecule has 0 saturated heterocycles. The molecule has 0 amide bonds. The van der Waals surface area contributed by atoms with Crippen molar-refractivity contribution < 1.29 is 0 Å². The van der Waals surface area contributed by atoms with E-state index in [0.717, 1.165) is 5.66 Å². The van der Waals surface area contributed by atoms with Crippen LogP contribution in [0.2, 0.25) is 0 Å². The zero-order valence-electron chi connectivity index (χ0n) is 9.10. The summed E-state index contributed by atoms with van der Waals surface area (Å²) < 4.78 is 0. The summed E-state index contributed by atoms with van der Waals surface area (Å²) in [7, 11) is 1.64. The monoisotopic (exact) mass is 199 g/mol. The third-order valence-corrected chi connectivity index (χ3v) is 4.44. The van der Waals surface area contributed by atoms with Crippen molar-refractivity contribution in [2.45, 2.75) is 69.9 Å². The van der Waals surface area contributed by atoms with Gasteiger partial charge in [0, 0.05) is 0 Å². The fraction of sp³-hybridized carbons (Fsp3) is 1.00. The van der Waals surface area contributed by atoms with Gasteiger partial charge in [-0.3, -0.25) is 0 Å². The molecule has 0 aromatic heterocycles. The van der Waals surface area contributed by atoms with Gasteiger partial charge in [-0.15, -0.1) is 0 Å². The minimum atomic E-state index is 1.03. The molecule has 1 heteroatoms. The average Bonchev–Trinajstić information content (AvgIpc) is 2.22. The van der Waals surface area contributed by atoms with Gasteiger partial charge >= 0.3 is 0 Å². The summed E-state index contributed by atoms with van der Waals surface area (Å²) in [4.78, 5) is 0. The molecule has 13 heavy (non-hydrogen) atoms. The van der Waals surface area contributed by atoms with Crippen LogP contribution in [0.15, 0.2) is 0 Å². The molecule has 0 unspecified atom stereocenters. The van der Waals surface area contributed by atoms with Crippen LogP contribution in [0.3, 0.4) is 0 Å². The first-order valence-corrected chi connectivity index (χ1v) is 7.43. The van der Waals surface area contributed by atoms with Crippen LogP contribution < -0.4 is 0 Å². The first-order chi connectivity index (χ1) is 6.43. The maximum absolute atomic E-state index is 2.34. The molecule has 1 fully saturated rings. The van der Waals surface area contributed by atoms with Crippen LogP contribution >= 0.6 is 8.58 Å². The molecule has 0 spiro atoms. The Morgan fingerprint density at radius 3 is 1.46 bits per heavy atom. The van der Waals surface area contributed by atoms with Crippen LogP contribution in [-0.2, 0) is 0 Å². The lowest BCUT2D eigenvalue weighted by molar-refractivity contribution is 0.585. The number of hydrogen-bond acceptors (Lipinski definition) is 0. The molecular weight excluding hydrogens is 175 g/mol. The minimum absolute atomic E-state index is 1.03. The lowest BCUT2D eigenvalue weighted by Gasteiger charge is -2.12. The van der Waals surface area contributed by atoms with Crippen molar-refractivity contribution in [2.24, 2.45) is 0 Å². The van der Waals surface area contributed by atoms with E-state index < -0.39 is 0 Å². The molecule has 1 rings (SSSR count). The first-order valence-electron chi connectivity index (χ1n) is 6.02. The van der Waals surface area contributed by atoms with E-state index in [1.807, 2.05) is 0 Å². The fourth-order valence-corrected chi connectivity index (χ4v) is 3.10. The van der Waals surface area contributed by atoms with E-state index in [4.69, 9.17) is 0 Å². The van der Waals surface area contributed by atoms with Crippen molar-refractivity contribution >= 4 is 8.58 Å². The molecule has 0 bridgehead atoms. The highest BCUT2D eigenvalue weighted by molar-refractivity contribution is 7.37. The van der Waals surface area contributed by atoms with Crippen molar-refractivity contribution in [3.63, 3.8) is 0 Å². The Kier molecular flexibility index (Phi) is 6.90. The van der Waals surface area contributed by atoms with Gasteiger partial charge < -0.3 is 0 Å². The van der Waals surface area contributed by atoms with Crippen molar-refractivity contribution in [3.8, 4) is 0 Å². The van der Waals surface area contributed by atoms with Crippen molar-refractivity contribution in [1.82, 2.24) is 0 Å². The molecule has 1 radical (unpaired) electrons. The van der Waals surface area contributed by atoms with Gasteiger partial charge in [-0.05, 0) is 25.2 Å². The van der Waals surface area contributed by atoms with Crippen LogP contribution in [0.5, 0.6) is 0 Å². The first kappa shape index (κ1) is 11.5. The van der Waals surface area contributed by atoms with Gasteiger partial charge in [0.25, 0.3) is 0 Å². The van der Waals surface area contributed by atoms with Crippen LogP contribution in [0.4, 0.5) is 0 Å². The molecular formula is C12H24P. The maximum Gasteiger partial charge on any atom is -0.0173 e. The molecule has 77 valence electrons. The quantitative estimate of drug-likeness (QED) is 0.530. The summed E-state index contributed by atoms with van der Waals surface area (Å²) in [5, 5.41) is 0. The molecule has 1 aliphatic rings. The Morgan fingerprint density at radius 2 is 1.08 bits per heavy atom. The summed E-state index contributed by atoms with van der Waals surface area (Å²) in [6.45, 7) is 2.34. The lowest BCUT2D eigenvalue weighted by atomic mass is 10.1. The molecule has 0 N–H and O–H groups in total. The van der Waals surface area contributed by atoms with Crippen molar-refractivity contribution in [1.29, 1.82) is 0 Å². The highest BCUT2D eigenvalue weighted by Gasteiger charge is 2.07. The normalized spacial score (nSPS) is 24.7. The fourth-order valence-electron chi connectivity index (χ4n) is 2.22. The van der Waals surface area contributed by atoms with E-state index in [1.54, 1.807) is 8.58 Å². The van der Waals surface area contributed by atoms with E-state index in [2.05, 4.69) is 6.66 Å². The average molecular weight is 199 g/mol. The zero-order valence-corrected chi connectivity index (χ0v) is 9.99. The van der Waals surface area contributed by atoms with Gasteiger partial charge in [0.15, 0.2) is 0 Å². The molecule has 1 saturated carbocycles. The van der Waals surface area contributed by atoms with Gasteiger partial charge in [0.1, 0.15) is 0 Å².